The normalized spacial score (nSPS) is 9.72. The van der Waals surface area contributed by atoms with Crippen molar-refractivity contribution in [2.45, 2.75) is 6.42 Å². The molecule has 0 heterocycles. The number of esters is 1. The lowest BCUT2D eigenvalue weighted by atomic mass is 10.1. The van der Waals surface area contributed by atoms with Crippen molar-refractivity contribution in [3.63, 3.8) is 0 Å². The Morgan fingerprint density at radius 3 is 2.28 bits per heavy atom. The van der Waals surface area contributed by atoms with E-state index in [0.717, 1.165) is 0 Å². The minimum atomic E-state index is -0.584. The molecule has 0 saturated heterocycles. The summed E-state index contributed by atoms with van der Waals surface area (Å²) in [4.78, 5) is 21.5. The zero-order chi connectivity index (χ0) is 13.7. The van der Waals surface area contributed by atoms with E-state index in [-0.39, 0.29) is 17.9 Å². The van der Waals surface area contributed by atoms with E-state index in [1.807, 2.05) is 0 Å². The first kappa shape index (κ1) is 13.8. The Kier molecular flexibility index (Phi) is 4.47. The molecule has 0 fully saturated rings. The summed E-state index contributed by atoms with van der Waals surface area (Å²) in [6.45, 7) is 0. The maximum Gasteiger partial charge on any atom is 0.311 e. The SMILES string of the molecule is COC(=O)Cc1cc([N+](=O)[O-])c(OC)cc1OC. The van der Waals surface area contributed by atoms with Gasteiger partial charge in [-0.1, -0.05) is 0 Å². The fourth-order valence-electron chi connectivity index (χ4n) is 1.46. The second-order valence-electron chi connectivity index (χ2n) is 3.35. The molecule has 0 aliphatic carbocycles. The van der Waals surface area contributed by atoms with Gasteiger partial charge in [0, 0.05) is 17.7 Å². The highest BCUT2D eigenvalue weighted by molar-refractivity contribution is 5.74. The molecule has 0 aromatic heterocycles. The van der Waals surface area contributed by atoms with Crippen molar-refractivity contribution >= 4 is 11.7 Å². The van der Waals surface area contributed by atoms with Gasteiger partial charge in [-0.25, -0.2) is 0 Å². The minimum Gasteiger partial charge on any atom is -0.496 e. The number of nitrogens with zero attached hydrogens (tertiary/aromatic N) is 1. The Hall–Kier alpha value is -2.31. The number of methoxy groups -OCH3 is 3. The summed E-state index contributed by atoms with van der Waals surface area (Å²) >= 11 is 0. The molecule has 18 heavy (non-hydrogen) atoms. The fraction of sp³-hybridized carbons (Fsp3) is 0.364. The van der Waals surface area contributed by atoms with E-state index in [4.69, 9.17) is 9.47 Å². The molecule has 7 heteroatoms. The smallest absolute Gasteiger partial charge is 0.311 e. The van der Waals surface area contributed by atoms with Gasteiger partial charge in [0.1, 0.15) is 5.75 Å². The van der Waals surface area contributed by atoms with Crippen molar-refractivity contribution in [2.24, 2.45) is 0 Å². The summed E-state index contributed by atoms with van der Waals surface area (Å²) in [6, 6.07) is 2.62. The highest BCUT2D eigenvalue weighted by Gasteiger charge is 2.21. The third-order valence-corrected chi connectivity index (χ3v) is 2.34. The molecule has 7 nitrogen and oxygen atoms in total. The molecule has 1 aromatic carbocycles. The molecule has 0 atom stereocenters. The predicted octanol–water partition coefficient (Wildman–Crippen LogP) is 1.33. The van der Waals surface area contributed by atoms with Crippen molar-refractivity contribution in [3.05, 3.63) is 27.8 Å². The fourth-order valence-corrected chi connectivity index (χ4v) is 1.46. The summed E-state index contributed by atoms with van der Waals surface area (Å²) in [5.41, 5.74) is 0.147. The first-order valence-corrected chi connectivity index (χ1v) is 4.99. The van der Waals surface area contributed by atoms with Crippen molar-refractivity contribution in [3.8, 4) is 11.5 Å². The average Bonchev–Trinajstić information content (AvgIpc) is 2.37. The van der Waals surface area contributed by atoms with Crippen LogP contribution in [0, 0.1) is 10.1 Å². The standard InChI is InChI=1S/C11H13NO6/c1-16-9-6-10(17-2)8(12(14)15)4-7(9)5-11(13)18-3/h4,6H,5H2,1-3H3. The van der Waals surface area contributed by atoms with E-state index in [1.54, 1.807) is 0 Å². The topological polar surface area (TPSA) is 87.9 Å². The molecule has 98 valence electrons. The first-order chi connectivity index (χ1) is 8.53. The number of carbonyl (C=O) groups is 1. The maximum absolute atomic E-state index is 11.2. The Morgan fingerprint density at radius 2 is 1.83 bits per heavy atom. The van der Waals surface area contributed by atoms with Gasteiger partial charge in [-0.3, -0.25) is 14.9 Å². The highest BCUT2D eigenvalue weighted by Crippen LogP contribution is 2.34. The number of hydrogen-bond acceptors (Lipinski definition) is 6. The first-order valence-electron chi connectivity index (χ1n) is 4.99. The van der Waals surface area contributed by atoms with Crippen LogP contribution in [0.3, 0.4) is 0 Å². The predicted molar refractivity (Wildman–Crippen MR) is 61.9 cm³/mol. The number of benzene rings is 1. The molecule has 1 rings (SSSR count). The Morgan fingerprint density at radius 1 is 1.22 bits per heavy atom. The second kappa shape index (κ2) is 5.85. The van der Waals surface area contributed by atoms with Gasteiger partial charge in [-0.2, -0.15) is 0 Å². The number of hydrogen-bond donors (Lipinski definition) is 0. The lowest BCUT2D eigenvalue weighted by molar-refractivity contribution is -0.385. The molecule has 0 unspecified atom stereocenters. The van der Waals surface area contributed by atoms with Crippen LogP contribution in [0.4, 0.5) is 5.69 Å². The summed E-state index contributed by atoms with van der Waals surface area (Å²) in [5, 5.41) is 10.9. The quantitative estimate of drug-likeness (QED) is 0.448. The molecule has 0 amide bonds. The molecule has 0 aliphatic heterocycles. The van der Waals surface area contributed by atoms with Gasteiger partial charge in [-0.15, -0.1) is 0 Å². The Labute approximate surface area is 103 Å². The summed E-state index contributed by atoms with van der Waals surface area (Å²) < 4.78 is 14.5. The van der Waals surface area contributed by atoms with Crippen LogP contribution >= 0.6 is 0 Å². The largest absolute Gasteiger partial charge is 0.496 e. The monoisotopic (exact) mass is 255 g/mol. The second-order valence-corrected chi connectivity index (χ2v) is 3.35. The summed E-state index contributed by atoms with van der Waals surface area (Å²) in [6.07, 6.45) is -0.107. The van der Waals surface area contributed by atoms with E-state index in [2.05, 4.69) is 4.74 Å². The van der Waals surface area contributed by atoms with Crippen molar-refractivity contribution in [1.82, 2.24) is 0 Å². The van der Waals surface area contributed by atoms with Gasteiger partial charge < -0.3 is 14.2 Å². The zero-order valence-corrected chi connectivity index (χ0v) is 10.3. The Bertz CT molecular complexity index is 471. The van der Waals surface area contributed by atoms with Crippen molar-refractivity contribution in [2.75, 3.05) is 21.3 Å². The number of carbonyl (C=O) groups excluding carboxylic acids is 1. The van der Waals surface area contributed by atoms with E-state index in [0.29, 0.717) is 11.3 Å². The van der Waals surface area contributed by atoms with Crippen LogP contribution in [0.15, 0.2) is 12.1 Å². The van der Waals surface area contributed by atoms with Crippen LogP contribution in [0.25, 0.3) is 0 Å². The van der Waals surface area contributed by atoms with E-state index in [1.165, 1.54) is 33.5 Å². The molecule has 1 aromatic rings. The van der Waals surface area contributed by atoms with Gasteiger partial charge in [0.05, 0.1) is 32.7 Å². The number of rotatable bonds is 5. The number of ether oxygens (including phenoxy) is 3. The third-order valence-electron chi connectivity index (χ3n) is 2.34. The molecular weight excluding hydrogens is 242 g/mol. The average molecular weight is 255 g/mol. The summed E-state index contributed by atoms with van der Waals surface area (Å²) in [5.74, 6) is -0.0962. The van der Waals surface area contributed by atoms with Crippen molar-refractivity contribution in [1.29, 1.82) is 0 Å². The number of nitro benzene ring substituents is 1. The van der Waals surface area contributed by atoms with E-state index < -0.39 is 10.9 Å². The van der Waals surface area contributed by atoms with Crippen LogP contribution in [0.5, 0.6) is 11.5 Å². The molecule has 0 aliphatic rings. The molecule has 0 N–H and O–H groups in total. The molecule has 0 bridgehead atoms. The number of nitro groups is 1. The zero-order valence-electron chi connectivity index (χ0n) is 10.3. The minimum absolute atomic E-state index is 0.0745. The van der Waals surface area contributed by atoms with Crippen LogP contribution in [0.1, 0.15) is 5.56 Å². The maximum atomic E-state index is 11.2. The van der Waals surface area contributed by atoms with Gasteiger partial charge in [-0.05, 0) is 0 Å². The van der Waals surface area contributed by atoms with Gasteiger partial charge >= 0.3 is 11.7 Å². The van der Waals surface area contributed by atoms with Gasteiger partial charge in [0.25, 0.3) is 0 Å². The lowest BCUT2D eigenvalue weighted by Gasteiger charge is -2.10. The third kappa shape index (κ3) is 2.88. The van der Waals surface area contributed by atoms with Crippen molar-refractivity contribution < 1.29 is 23.9 Å². The van der Waals surface area contributed by atoms with E-state index >= 15 is 0 Å². The van der Waals surface area contributed by atoms with Crippen LogP contribution in [-0.4, -0.2) is 32.2 Å². The Balaban J connectivity index is 3.27. The van der Waals surface area contributed by atoms with Crippen LogP contribution in [-0.2, 0) is 16.0 Å². The lowest BCUT2D eigenvalue weighted by Crippen LogP contribution is -2.07. The highest BCUT2D eigenvalue weighted by atomic mass is 16.6. The van der Waals surface area contributed by atoms with Gasteiger partial charge in [0.2, 0.25) is 5.75 Å². The molecular formula is C11H13NO6. The summed E-state index contributed by atoms with van der Waals surface area (Å²) in [7, 11) is 3.97. The molecule has 0 spiro atoms. The molecule has 0 saturated carbocycles. The van der Waals surface area contributed by atoms with Gasteiger partial charge in [0.15, 0.2) is 0 Å². The molecule has 0 radical (unpaired) electrons. The van der Waals surface area contributed by atoms with Crippen LogP contribution in [0.2, 0.25) is 0 Å². The van der Waals surface area contributed by atoms with Crippen LogP contribution < -0.4 is 9.47 Å². The van der Waals surface area contributed by atoms with E-state index in [9.17, 15) is 14.9 Å².